The fourth-order valence-electron chi connectivity index (χ4n) is 3.45. The molecular weight excluding hydrogens is 228 g/mol. The second kappa shape index (κ2) is 5.00. The van der Waals surface area contributed by atoms with Crippen molar-refractivity contribution in [2.45, 2.75) is 44.2 Å². The van der Waals surface area contributed by atoms with Crippen molar-refractivity contribution in [3.05, 3.63) is 35.9 Å². The van der Waals surface area contributed by atoms with Gasteiger partial charge in [0, 0.05) is 0 Å². The molecule has 0 radical (unpaired) electrons. The lowest BCUT2D eigenvalue weighted by Crippen LogP contribution is -2.26. The summed E-state index contributed by atoms with van der Waals surface area (Å²) < 4.78 is 5.92. The Morgan fingerprint density at radius 1 is 1.06 bits per heavy atom. The third-order valence-corrected chi connectivity index (χ3v) is 4.41. The third kappa shape index (κ3) is 2.30. The fraction of sp³-hybridized carbons (Fsp3) is 0.600. The van der Waals surface area contributed by atoms with Crippen LogP contribution in [0.4, 0.5) is 0 Å². The molecule has 98 valence electrons. The molecule has 2 fully saturated rings. The minimum atomic E-state index is -0.541. The van der Waals surface area contributed by atoms with Crippen LogP contribution in [0.15, 0.2) is 30.3 Å². The van der Waals surface area contributed by atoms with Crippen LogP contribution in [0.3, 0.4) is 0 Å². The maximum Gasteiger partial charge on any atom is 0.0830 e. The van der Waals surface area contributed by atoms with Gasteiger partial charge in [-0.3, -0.25) is 0 Å². The van der Waals surface area contributed by atoms with Gasteiger partial charge in [-0.1, -0.05) is 30.3 Å². The molecule has 0 spiro atoms. The Hall–Kier alpha value is -0.900. The molecule has 18 heavy (non-hydrogen) atoms. The van der Waals surface area contributed by atoms with Crippen molar-refractivity contribution in [1.82, 2.24) is 0 Å². The maximum absolute atomic E-state index is 9.87. The first-order valence-electron chi connectivity index (χ1n) is 6.75. The molecule has 0 aliphatic heterocycles. The highest BCUT2D eigenvalue weighted by atomic mass is 16.5. The number of aliphatic hydroxyl groups excluding tert-OH is 2. The van der Waals surface area contributed by atoms with Crippen LogP contribution in [0.25, 0.3) is 0 Å². The predicted molar refractivity (Wildman–Crippen MR) is 67.9 cm³/mol. The average Bonchev–Trinajstić information content (AvgIpc) is 2.89. The molecule has 1 unspecified atom stereocenters. The summed E-state index contributed by atoms with van der Waals surface area (Å²) in [5, 5.41) is 19.5. The van der Waals surface area contributed by atoms with Crippen molar-refractivity contribution >= 4 is 0 Å². The highest BCUT2D eigenvalue weighted by Gasteiger charge is 2.47. The lowest BCUT2D eigenvalue weighted by atomic mass is 9.99. The Bertz CT molecular complexity index is 392. The predicted octanol–water partition coefficient (Wildman–Crippen LogP) is 1.72. The zero-order valence-corrected chi connectivity index (χ0v) is 10.4. The van der Waals surface area contributed by atoms with E-state index in [1.807, 2.05) is 18.2 Å². The first-order chi connectivity index (χ1) is 8.74. The molecule has 5 atom stereocenters. The van der Waals surface area contributed by atoms with Gasteiger partial charge in [0.05, 0.1) is 24.9 Å². The molecule has 2 N–H and O–H groups in total. The molecule has 3 heteroatoms. The second-order valence-corrected chi connectivity index (χ2v) is 5.61. The Morgan fingerprint density at radius 2 is 1.83 bits per heavy atom. The summed E-state index contributed by atoms with van der Waals surface area (Å²) in [5.74, 6) is 0.677. The van der Waals surface area contributed by atoms with Crippen LogP contribution in [0.2, 0.25) is 0 Å². The lowest BCUT2D eigenvalue weighted by molar-refractivity contribution is -0.00247. The van der Waals surface area contributed by atoms with E-state index >= 15 is 0 Å². The molecule has 2 saturated carbocycles. The number of ether oxygens (including phenoxy) is 1. The van der Waals surface area contributed by atoms with Crippen LogP contribution in [-0.4, -0.2) is 28.5 Å². The molecular formula is C15H20O3. The highest BCUT2D eigenvalue weighted by molar-refractivity contribution is 5.13. The highest BCUT2D eigenvalue weighted by Crippen LogP contribution is 2.45. The summed E-state index contributed by atoms with van der Waals surface area (Å²) in [6.07, 6.45) is 1.77. The van der Waals surface area contributed by atoms with Gasteiger partial charge in [-0.15, -0.1) is 0 Å². The van der Waals surface area contributed by atoms with Gasteiger partial charge in [0.1, 0.15) is 0 Å². The molecule has 2 aliphatic carbocycles. The molecule has 1 aromatic rings. The quantitative estimate of drug-likeness (QED) is 0.856. The number of fused-ring (bicyclic) bond motifs is 1. The third-order valence-electron chi connectivity index (χ3n) is 4.41. The van der Waals surface area contributed by atoms with Crippen molar-refractivity contribution in [3.8, 4) is 0 Å². The Balaban J connectivity index is 1.52. The van der Waals surface area contributed by atoms with Crippen LogP contribution in [0.1, 0.15) is 24.8 Å². The van der Waals surface area contributed by atoms with E-state index in [1.54, 1.807) is 0 Å². The maximum atomic E-state index is 9.87. The lowest BCUT2D eigenvalue weighted by Gasteiger charge is -2.17. The minimum absolute atomic E-state index is 0.237. The molecule has 0 heterocycles. The van der Waals surface area contributed by atoms with Crippen LogP contribution in [-0.2, 0) is 11.3 Å². The topological polar surface area (TPSA) is 49.7 Å². The zero-order chi connectivity index (χ0) is 12.5. The Labute approximate surface area is 107 Å². The normalized spacial score (nSPS) is 38.9. The minimum Gasteiger partial charge on any atom is -0.390 e. The summed E-state index contributed by atoms with van der Waals surface area (Å²) >= 11 is 0. The smallest absolute Gasteiger partial charge is 0.0830 e. The molecule has 1 aromatic carbocycles. The Kier molecular flexibility index (Phi) is 3.37. The van der Waals surface area contributed by atoms with Crippen LogP contribution in [0, 0.1) is 11.8 Å². The van der Waals surface area contributed by atoms with E-state index < -0.39 is 12.2 Å². The monoisotopic (exact) mass is 248 g/mol. The van der Waals surface area contributed by atoms with E-state index in [0.717, 1.165) is 19.3 Å². The van der Waals surface area contributed by atoms with Crippen LogP contribution < -0.4 is 0 Å². The van der Waals surface area contributed by atoms with Gasteiger partial charge in [0.2, 0.25) is 0 Å². The number of aliphatic hydroxyl groups is 2. The molecule has 3 rings (SSSR count). The van der Waals surface area contributed by atoms with Crippen molar-refractivity contribution in [1.29, 1.82) is 0 Å². The molecule has 0 bridgehead atoms. The van der Waals surface area contributed by atoms with Gasteiger partial charge >= 0.3 is 0 Å². The number of rotatable bonds is 3. The number of hydrogen-bond donors (Lipinski definition) is 2. The van der Waals surface area contributed by atoms with Gasteiger partial charge in [0.15, 0.2) is 0 Å². The van der Waals surface area contributed by atoms with Gasteiger partial charge in [-0.2, -0.15) is 0 Å². The summed E-state index contributed by atoms with van der Waals surface area (Å²) in [4.78, 5) is 0. The van der Waals surface area contributed by atoms with Crippen molar-refractivity contribution in [2.75, 3.05) is 0 Å². The summed E-state index contributed by atoms with van der Waals surface area (Å²) in [6, 6.07) is 10.2. The fourth-order valence-corrected chi connectivity index (χ4v) is 3.45. The number of benzene rings is 1. The van der Waals surface area contributed by atoms with Crippen molar-refractivity contribution in [3.63, 3.8) is 0 Å². The van der Waals surface area contributed by atoms with E-state index in [4.69, 9.17) is 4.74 Å². The first-order valence-corrected chi connectivity index (χ1v) is 6.75. The first kappa shape index (κ1) is 12.2. The standard InChI is InChI=1S/C15H20O3/c16-14-7-11-6-12(8-13(11)15(14)17)18-9-10-4-2-1-3-5-10/h1-5,11-17H,6-9H2/t11-,12?,13-,14-,15+/m0/s1. The molecule has 0 saturated heterocycles. The van der Waals surface area contributed by atoms with E-state index in [9.17, 15) is 10.2 Å². The Morgan fingerprint density at radius 3 is 2.56 bits per heavy atom. The largest absolute Gasteiger partial charge is 0.390 e. The van der Waals surface area contributed by atoms with Crippen molar-refractivity contribution in [2.24, 2.45) is 11.8 Å². The van der Waals surface area contributed by atoms with E-state index in [-0.39, 0.29) is 12.0 Å². The van der Waals surface area contributed by atoms with E-state index in [2.05, 4.69) is 12.1 Å². The summed E-state index contributed by atoms with van der Waals surface area (Å²) in [6.45, 7) is 0.642. The second-order valence-electron chi connectivity index (χ2n) is 5.61. The van der Waals surface area contributed by atoms with Gasteiger partial charge in [0.25, 0.3) is 0 Å². The summed E-state index contributed by atoms with van der Waals surface area (Å²) in [5.41, 5.74) is 1.19. The SMILES string of the molecule is O[C@@H]1[C@H]2CC(OCc3ccccc3)C[C@H]2C[C@@H]1O. The average molecular weight is 248 g/mol. The van der Waals surface area contributed by atoms with Crippen molar-refractivity contribution < 1.29 is 14.9 Å². The van der Waals surface area contributed by atoms with Crippen LogP contribution >= 0.6 is 0 Å². The van der Waals surface area contributed by atoms with Gasteiger partial charge in [-0.05, 0) is 36.7 Å². The number of hydrogen-bond acceptors (Lipinski definition) is 3. The van der Waals surface area contributed by atoms with E-state index in [1.165, 1.54) is 5.56 Å². The van der Waals surface area contributed by atoms with Crippen LogP contribution in [0.5, 0.6) is 0 Å². The molecule has 2 aliphatic rings. The zero-order valence-electron chi connectivity index (χ0n) is 10.4. The summed E-state index contributed by atoms with van der Waals surface area (Å²) in [7, 11) is 0. The van der Waals surface area contributed by atoms with E-state index in [0.29, 0.717) is 12.5 Å². The van der Waals surface area contributed by atoms with Gasteiger partial charge in [-0.25, -0.2) is 0 Å². The van der Waals surface area contributed by atoms with Gasteiger partial charge < -0.3 is 14.9 Å². The molecule has 0 amide bonds. The molecule has 3 nitrogen and oxygen atoms in total. The molecule has 0 aromatic heterocycles.